The first-order valence-corrected chi connectivity index (χ1v) is 6.29. The standard InChI is InChI=1S/C12H24N2O/c1-10(2)13-6-4-12(8-13)14-5-3-11(7-14)9-15/h10-12,15H,3-9H2,1-2H3. The second kappa shape index (κ2) is 4.81. The molecule has 2 atom stereocenters. The normalized spacial score (nSPS) is 34.4. The Morgan fingerprint density at radius 3 is 2.53 bits per heavy atom. The van der Waals surface area contributed by atoms with Gasteiger partial charge in [0, 0.05) is 38.3 Å². The lowest BCUT2D eigenvalue weighted by atomic mass is 10.1. The quantitative estimate of drug-likeness (QED) is 0.749. The molecule has 2 unspecified atom stereocenters. The SMILES string of the molecule is CC(C)N1CCC(N2CCC(CO)C2)C1. The largest absolute Gasteiger partial charge is 0.396 e. The number of aliphatic hydroxyl groups is 1. The van der Waals surface area contributed by atoms with Crippen molar-refractivity contribution in [3.05, 3.63) is 0 Å². The van der Waals surface area contributed by atoms with Crippen molar-refractivity contribution in [1.82, 2.24) is 9.80 Å². The minimum absolute atomic E-state index is 0.372. The average molecular weight is 212 g/mol. The molecule has 3 heteroatoms. The molecule has 2 aliphatic heterocycles. The zero-order chi connectivity index (χ0) is 10.8. The molecule has 0 radical (unpaired) electrons. The molecule has 2 heterocycles. The summed E-state index contributed by atoms with van der Waals surface area (Å²) >= 11 is 0. The van der Waals surface area contributed by atoms with Gasteiger partial charge in [-0.15, -0.1) is 0 Å². The maximum atomic E-state index is 9.13. The van der Waals surface area contributed by atoms with Crippen LogP contribution in [-0.2, 0) is 0 Å². The minimum Gasteiger partial charge on any atom is -0.396 e. The fourth-order valence-electron chi connectivity index (χ4n) is 2.88. The van der Waals surface area contributed by atoms with Gasteiger partial charge in [0.25, 0.3) is 0 Å². The Bertz CT molecular complexity index is 208. The molecule has 2 rings (SSSR count). The Morgan fingerprint density at radius 2 is 2.00 bits per heavy atom. The van der Waals surface area contributed by atoms with E-state index in [9.17, 15) is 0 Å². The van der Waals surface area contributed by atoms with Crippen LogP contribution in [0.5, 0.6) is 0 Å². The molecule has 0 saturated carbocycles. The van der Waals surface area contributed by atoms with Gasteiger partial charge in [0.2, 0.25) is 0 Å². The molecule has 0 bridgehead atoms. The maximum Gasteiger partial charge on any atom is 0.0471 e. The number of likely N-dealkylation sites (tertiary alicyclic amines) is 2. The molecule has 3 nitrogen and oxygen atoms in total. The third kappa shape index (κ3) is 2.52. The fraction of sp³-hybridized carbons (Fsp3) is 1.00. The summed E-state index contributed by atoms with van der Waals surface area (Å²) in [6.45, 7) is 9.73. The van der Waals surface area contributed by atoms with Gasteiger partial charge in [0.05, 0.1) is 0 Å². The molecule has 2 aliphatic rings. The Morgan fingerprint density at radius 1 is 1.20 bits per heavy atom. The number of aliphatic hydroxyl groups excluding tert-OH is 1. The molecule has 0 spiro atoms. The summed E-state index contributed by atoms with van der Waals surface area (Å²) in [4.78, 5) is 5.15. The van der Waals surface area contributed by atoms with E-state index >= 15 is 0 Å². The van der Waals surface area contributed by atoms with Gasteiger partial charge < -0.3 is 5.11 Å². The lowest BCUT2D eigenvalue weighted by Gasteiger charge is -2.25. The minimum atomic E-state index is 0.372. The first kappa shape index (κ1) is 11.4. The van der Waals surface area contributed by atoms with Crippen molar-refractivity contribution >= 4 is 0 Å². The lowest BCUT2D eigenvalue weighted by Crippen LogP contribution is -2.37. The molecule has 2 fully saturated rings. The number of nitrogens with zero attached hydrogens (tertiary/aromatic N) is 2. The van der Waals surface area contributed by atoms with Gasteiger partial charge in [-0.2, -0.15) is 0 Å². The van der Waals surface area contributed by atoms with Gasteiger partial charge in [-0.05, 0) is 39.2 Å². The van der Waals surface area contributed by atoms with E-state index in [4.69, 9.17) is 5.11 Å². The molecule has 15 heavy (non-hydrogen) atoms. The van der Waals surface area contributed by atoms with Crippen LogP contribution in [0.2, 0.25) is 0 Å². The van der Waals surface area contributed by atoms with Crippen molar-refractivity contribution in [3.8, 4) is 0 Å². The molecule has 1 N–H and O–H groups in total. The summed E-state index contributed by atoms with van der Waals surface area (Å²) in [5.74, 6) is 0.540. The molecule has 0 aromatic heterocycles. The summed E-state index contributed by atoms with van der Waals surface area (Å²) in [5.41, 5.74) is 0. The van der Waals surface area contributed by atoms with Gasteiger partial charge in [-0.1, -0.05) is 0 Å². The monoisotopic (exact) mass is 212 g/mol. The molecule has 0 aliphatic carbocycles. The van der Waals surface area contributed by atoms with Crippen LogP contribution < -0.4 is 0 Å². The molecule has 2 saturated heterocycles. The Balaban J connectivity index is 1.81. The van der Waals surface area contributed by atoms with Gasteiger partial charge in [-0.3, -0.25) is 9.80 Å². The average Bonchev–Trinajstić information content (AvgIpc) is 2.86. The van der Waals surface area contributed by atoms with E-state index in [-0.39, 0.29) is 0 Å². The molecular formula is C12H24N2O. The van der Waals surface area contributed by atoms with E-state index in [1.165, 1.54) is 32.5 Å². The maximum absolute atomic E-state index is 9.13. The van der Waals surface area contributed by atoms with Crippen LogP contribution in [0.4, 0.5) is 0 Å². The van der Waals surface area contributed by atoms with Crippen molar-refractivity contribution in [3.63, 3.8) is 0 Å². The number of rotatable bonds is 3. The van der Waals surface area contributed by atoms with E-state index in [2.05, 4.69) is 23.6 Å². The third-order valence-corrected chi connectivity index (χ3v) is 4.02. The Labute approximate surface area is 93.1 Å². The first-order chi connectivity index (χ1) is 7.20. The van der Waals surface area contributed by atoms with Crippen molar-refractivity contribution in [1.29, 1.82) is 0 Å². The third-order valence-electron chi connectivity index (χ3n) is 4.02. The van der Waals surface area contributed by atoms with Gasteiger partial charge in [0.15, 0.2) is 0 Å². The molecule has 88 valence electrons. The molecule has 0 amide bonds. The fourth-order valence-corrected chi connectivity index (χ4v) is 2.88. The Kier molecular flexibility index (Phi) is 3.65. The summed E-state index contributed by atoms with van der Waals surface area (Å²) in [7, 11) is 0. The van der Waals surface area contributed by atoms with Crippen LogP contribution >= 0.6 is 0 Å². The zero-order valence-corrected chi connectivity index (χ0v) is 10.0. The number of hydrogen-bond donors (Lipinski definition) is 1. The predicted molar refractivity (Wildman–Crippen MR) is 61.9 cm³/mol. The van der Waals surface area contributed by atoms with E-state index in [1.807, 2.05) is 0 Å². The van der Waals surface area contributed by atoms with Crippen molar-refractivity contribution < 1.29 is 5.11 Å². The second-order valence-corrected chi connectivity index (χ2v) is 5.36. The lowest BCUT2D eigenvalue weighted by molar-refractivity contribution is 0.189. The summed E-state index contributed by atoms with van der Waals surface area (Å²) in [6, 6.07) is 1.44. The van der Waals surface area contributed by atoms with Crippen LogP contribution in [-0.4, -0.2) is 59.8 Å². The highest BCUT2D eigenvalue weighted by atomic mass is 16.3. The summed E-state index contributed by atoms with van der Waals surface area (Å²) in [6.07, 6.45) is 2.50. The van der Waals surface area contributed by atoms with E-state index in [0.717, 1.165) is 12.6 Å². The second-order valence-electron chi connectivity index (χ2n) is 5.36. The zero-order valence-electron chi connectivity index (χ0n) is 10.0. The van der Waals surface area contributed by atoms with Crippen LogP contribution in [0.15, 0.2) is 0 Å². The highest BCUT2D eigenvalue weighted by Gasteiger charge is 2.32. The van der Waals surface area contributed by atoms with Crippen LogP contribution in [0.25, 0.3) is 0 Å². The number of hydrogen-bond acceptors (Lipinski definition) is 3. The van der Waals surface area contributed by atoms with Gasteiger partial charge in [0.1, 0.15) is 0 Å². The van der Waals surface area contributed by atoms with Crippen LogP contribution in [0.3, 0.4) is 0 Å². The predicted octanol–water partition coefficient (Wildman–Crippen LogP) is 0.783. The highest BCUT2D eigenvalue weighted by molar-refractivity contribution is 4.88. The Hall–Kier alpha value is -0.120. The van der Waals surface area contributed by atoms with Crippen molar-refractivity contribution in [2.45, 2.75) is 38.8 Å². The van der Waals surface area contributed by atoms with Crippen molar-refractivity contribution in [2.24, 2.45) is 5.92 Å². The van der Waals surface area contributed by atoms with Crippen LogP contribution in [0.1, 0.15) is 26.7 Å². The highest BCUT2D eigenvalue weighted by Crippen LogP contribution is 2.24. The first-order valence-electron chi connectivity index (χ1n) is 6.29. The smallest absolute Gasteiger partial charge is 0.0471 e. The van der Waals surface area contributed by atoms with Gasteiger partial charge in [-0.25, -0.2) is 0 Å². The topological polar surface area (TPSA) is 26.7 Å². The molecule has 0 aromatic carbocycles. The van der Waals surface area contributed by atoms with Crippen molar-refractivity contribution in [2.75, 3.05) is 32.8 Å². The van der Waals surface area contributed by atoms with E-state index in [0.29, 0.717) is 18.6 Å². The molecule has 0 aromatic rings. The summed E-state index contributed by atoms with van der Waals surface area (Å²) in [5, 5.41) is 9.13. The summed E-state index contributed by atoms with van der Waals surface area (Å²) < 4.78 is 0. The van der Waals surface area contributed by atoms with Gasteiger partial charge >= 0.3 is 0 Å². The molecular weight excluding hydrogens is 188 g/mol. The van der Waals surface area contributed by atoms with E-state index < -0.39 is 0 Å². The van der Waals surface area contributed by atoms with E-state index in [1.54, 1.807) is 0 Å². The van der Waals surface area contributed by atoms with Crippen LogP contribution in [0, 0.1) is 5.92 Å².